The molecule has 1 saturated heterocycles. The summed E-state index contributed by atoms with van der Waals surface area (Å²) in [5.74, 6) is 1.52. The Morgan fingerprint density at radius 1 is 1.41 bits per heavy atom. The second-order valence-electron chi connectivity index (χ2n) is 4.23. The molecular weight excluding hydrogens is 218 g/mol. The van der Waals surface area contributed by atoms with Crippen LogP contribution in [0, 0.1) is 5.92 Å². The summed E-state index contributed by atoms with van der Waals surface area (Å²) in [5.41, 5.74) is 0. The molecule has 5 nitrogen and oxygen atoms in total. The molecule has 17 heavy (non-hydrogen) atoms. The van der Waals surface area contributed by atoms with Gasteiger partial charge in [-0.15, -0.1) is 0 Å². The van der Waals surface area contributed by atoms with Crippen molar-refractivity contribution in [1.29, 1.82) is 0 Å². The fraction of sp³-hybridized carbons (Fsp3) is 0.917. The largest absolute Gasteiger partial charge is 0.381 e. The second-order valence-corrected chi connectivity index (χ2v) is 4.23. The van der Waals surface area contributed by atoms with E-state index >= 15 is 0 Å². The first-order valence-corrected chi connectivity index (χ1v) is 6.40. The van der Waals surface area contributed by atoms with Gasteiger partial charge in [-0.1, -0.05) is 0 Å². The molecule has 0 amide bonds. The quantitative estimate of drug-likeness (QED) is 0.408. The van der Waals surface area contributed by atoms with Crippen LogP contribution in [0.25, 0.3) is 0 Å². The van der Waals surface area contributed by atoms with Crippen LogP contribution in [0.5, 0.6) is 0 Å². The molecule has 0 atom stereocenters. The van der Waals surface area contributed by atoms with Crippen LogP contribution in [0.2, 0.25) is 0 Å². The molecule has 1 aliphatic heterocycles. The first-order valence-electron chi connectivity index (χ1n) is 6.40. The minimum absolute atomic E-state index is 0.696. The summed E-state index contributed by atoms with van der Waals surface area (Å²) in [7, 11) is 3.62. The Bertz CT molecular complexity index is 216. The van der Waals surface area contributed by atoms with Crippen molar-refractivity contribution in [3.05, 3.63) is 0 Å². The van der Waals surface area contributed by atoms with Crippen LogP contribution in [0.15, 0.2) is 4.99 Å². The van der Waals surface area contributed by atoms with Gasteiger partial charge in [-0.05, 0) is 25.2 Å². The highest BCUT2D eigenvalue weighted by atomic mass is 16.5. The molecule has 0 aliphatic carbocycles. The third-order valence-corrected chi connectivity index (χ3v) is 2.91. The number of hydrogen-bond donors (Lipinski definition) is 2. The molecular formula is C12H25N3O2. The third kappa shape index (κ3) is 6.48. The van der Waals surface area contributed by atoms with Crippen LogP contribution in [-0.2, 0) is 9.47 Å². The smallest absolute Gasteiger partial charge is 0.190 e. The molecule has 0 unspecified atom stereocenters. The molecule has 100 valence electrons. The van der Waals surface area contributed by atoms with E-state index in [0.717, 1.165) is 58.2 Å². The van der Waals surface area contributed by atoms with Crippen LogP contribution in [0.3, 0.4) is 0 Å². The van der Waals surface area contributed by atoms with Crippen LogP contribution in [0.4, 0.5) is 0 Å². The van der Waals surface area contributed by atoms with Crippen molar-refractivity contribution in [2.24, 2.45) is 10.9 Å². The second kappa shape index (κ2) is 9.24. The number of aliphatic imine (C=N–C) groups is 1. The zero-order chi connectivity index (χ0) is 12.3. The molecule has 0 aromatic heterocycles. The Balaban J connectivity index is 1.90. The van der Waals surface area contributed by atoms with Gasteiger partial charge < -0.3 is 20.1 Å². The fourth-order valence-electron chi connectivity index (χ4n) is 1.82. The fourth-order valence-corrected chi connectivity index (χ4v) is 1.82. The van der Waals surface area contributed by atoms with Gasteiger partial charge in [-0.3, -0.25) is 4.99 Å². The van der Waals surface area contributed by atoms with Crippen molar-refractivity contribution in [2.45, 2.75) is 19.3 Å². The van der Waals surface area contributed by atoms with Crippen molar-refractivity contribution in [1.82, 2.24) is 10.6 Å². The van der Waals surface area contributed by atoms with E-state index in [2.05, 4.69) is 15.6 Å². The number of nitrogens with zero attached hydrogens (tertiary/aromatic N) is 1. The average molecular weight is 243 g/mol. The van der Waals surface area contributed by atoms with Crippen molar-refractivity contribution < 1.29 is 9.47 Å². The lowest BCUT2D eigenvalue weighted by Gasteiger charge is -2.21. The highest BCUT2D eigenvalue weighted by Gasteiger charge is 2.13. The van der Waals surface area contributed by atoms with Crippen LogP contribution in [-0.4, -0.2) is 53.0 Å². The van der Waals surface area contributed by atoms with Gasteiger partial charge in [0.1, 0.15) is 0 Å². The molecule has 0 radical (unpaired) electrons. The summed E-state index contributed by atoms with van der Waals surface area (Å²) >= 11 is 0. The first-order chi connectivity index (χ1) is 8.36. The summed E-state index contributed by atoms with van der Waals surface area (Å²) < 4.78 is 11.0. The third-order valence-electron chi connectivity index (χ3n) is 2.91. The van der Waals surface area contributed by atoms with E-state index in [1.807, 2.05) is 7.05 Å². The van der Waals surface area contributed by atoms with Gasteiger partial charge in [0, 0.05) is 47.1 Å². The lowest BCUT2D eigenvalue weighted by Crippen LogP contribution is -2.35. The SMILES string of the molecule is CN=C(NC)NCCCOCC1CCOCC1. The van der Waals surface area contributed by atoms with Crippen molar-refractivity contribution >= 4 is 5.96 Å². The van der Waals surface area contributed by atoms with E-state index in [1.54, 1.807) is 7.05 Å². The summed E-state index contributed by atoms with van der Waals surface area (Å²) in [6.45, 7) is 4.37. The lowest BCUT2D eigenvalue weighted by atomic mass is 10.0. The maximum Gasteiger partial charge on any atom is 0.190 e. The Labute approximate surface area is 104 Å². The molecule has 1 heterocycles. The van der Waals surface area contributed by atoms with Gasteiger partial charge in [0.15, 0.2) is 5.96 Å². The van der Waals surface area contributed by atoms with Gasteiger partial charge in [0.25, 0.3) is 0 Å². The highest BCUT2D eigenvalue weighted by Crippen LogP contribution is 2.14. The first kappa shape index (κ1) is 14.3. The Hall–Kier alpha value is -0.810. The summed E-state index contributed by atoms with van der Waals surface area (Å²) in [6.07, 6.45) is 3.29. The van der Waals surface area contributed by atoms with Gasteiger partial charge in [-0.25, -0.2) is 0 Å². The molecule has 1 rings (SSSR count). The zero-order valence-electron chi connectivity index (χ0n) is 11.0. The van der Waals surface area contributed by atoms with E-state index < -0.39 is 0 Å². The maximum atomic E-state index is 5.67. The van der Waals surface area contributed by atoms with Crippen LogP contribution >= 0.6 is 0 Å². The molecule has 0 spiro atoms. The zero-order valence-corrected chi connectivity index (χ0v) is 11.0. The molecule has 0 bridgehead atoms. The molecule has 5 heteroatoms. The van der Waals surface area contributed by atoms with E-state index in [9.17, 15) is 0 Å². The minimum atomic E-state index is 0.696. The minimum Gasteiger partial charge on any atom is -0.381 e. The van der Waals surface area contributed by atoms with Gasteiger partial charge in [0.2, 0.25) is 0 Å². The summed E-state index contributed by atoms with van der Waals surface area (Å²) in [5, 5.41) is 6.17. The van der Waals surface area contributed by atoms with Gasteiger partial charge in [0.05, 0.1) is 0 Å². The molecule has 0 aromatic rings. The number of ether oxygens (including phenoxy) is 2. The Morgan fingerprint density at radius 2 is 2.18 bits per heavy atom. The predicted molar refractivity (Wildman–Crippen MR) is 69.4 cm³/mol. The number of nitrogens with one attached hydrogen (secondary N) is 2. The monoisotopic (exact) mass is 243 g/mol. The summed E-state index contributed by atoms with van der Waals surface area (Å²) in [4.78, 5) is 4.04. The normalized spacial score (nSPS) is 18.1. The van der Waals surface area contributed by atoms with Crippen LogP contribution < -0.4 is 10.6 Å². The van der Waals surface area contributed by atoms with Crippen molar-refractivity contribution in [3.8, 4) is 0 Å². The lowest BCUT2D eigenvalue weighted by molar-refractivity contribution is 0.0203. The molecule has 0 saturated carbocycles. The molecule has 1 fully saturated rings. The van der Waals surface area contributed by atoms with Gasteiger partial charge in [-0.2, -0.15) is 0 Å². The summed E-state index contributed by atoms with van der Waals surface area (Å²) in [6, 6.07) is 0. The topological polar surface area (TPSA) is 54.9 Å². The van der Waals surface area contributed by atoms with E-state index in [-0.39, 0.29) is 0 Å². The number of hydrogen-bond acceptors (Lipinski definition) is 3. The van der Waals surface area contributed by atoms with Crippen molar-refractivity contribution in [2.75, 3.05) is 47.1 Å². The molecule has 0 aromatic carbocycles. The average Bonchev–Trinajstić information content (AvgIpc) is 2.39. The van der Waals surface area contributed by atoms with Crippen molar-refractivity contribution in [3.63, 3.8) is 0 Å². The predicted octanol–water partition coefficient (Wildman–Crippen LogP) is 0.614. The highest BCUT2D eigenvalue weighted by molar-refractivity contribution is 5.79. The van der Waals surface area contributed by atoms with Crippen LogP contribution in [0.1, 0.15) is 19.3 Å². The number of rotatable bonds is 6. The Morgan fingerprint density at radius 3 is 2.82 bits per heavy atom. The van der Waals surface area contributed by atoms with Gasteiger partial charge >= 0.3 is 0 Å². The number of guanidine groups is 1. The Kier molecular flexibility index (Phi) is 7.75. The maximum absolute atomic E-state index is 5.67. The van der Waals surface area contributed by atoms with E-state index in [4.69, 9.17) is 9.47 Å². The van der Waals surface area contributed by atoms with E-state index in [0.29, 0.717) is 5.92 Å². The molecule has 2 N–H and O–H groups in total. The standard InChI is InChI=1S/C12H25N3O2/c1-13-12(14-2)15-6-3-7-17-10-11-4-8-16-9-5-11/h11H,3-10H2,1-2H3,(H2,13,14,15). The molecule has 1 aliphatic rings. The van der Waals surface area contributed by atoms with E-state index in [1.165, 1.54) is 0 Å².